The lowest BCUT2D eigenvalue weighted by molar-refractivity contribution is -0.137. The molecule has 0 amide bonds. The van der Waals surface area contributed by atoms with E-state index in [4.69, 9.17) is 5.11 Å². The lowest BCUT2D eigenvalue weighted by Crippen LogP contribution is -2.33. The SMILES string of the molecule is O=C(O)CCCCCCCCCCC1CCCCN1. The van der Waals surface area contributed by atoms with Crippen LogP contribution >= 0.6 is 0 Å². The van der Waals surface area contributed by atoms with Crippen LogP contribution in [0, 0.1) is 0 Å². The molecule has 0 saturated carbocycles. The van der Waals surface area contributed by atoms with Crippen LogP contribution in [0.25, 0.3) is 0 Å². The van der Waals surface area contributed by atoms with Gasteiger partial charge in [0.2, 0.25) is 0 Å². The first-order chi connectivity index (χ1) is 9.29. The fourth-order valence-corrected chi connectivity index (χ4v) is 2.90. The molecule has 0 aromatic carbocycles. The van der Waals surface area contributed by atoms with Crippen molar-refractivity contribution in [2.75, 3.05) is 6.54 Å². The van der Waals surface area contributed by atoms with Gasteiger partial charge in [-0.2, -0.15) is 0 Å². The van der Waals surface area contributed by atoms with Crippen LogP contribution in [0.3, 0.4) is 0 Å². The number of piperidine rings is 1. The third kappa shape index (κ3) is 9.94. The fraction of sp³-hybridized carbons (Fsp3) is 0.938. The molecule has 0 radical (unpaired) electrons. The van der Waals surface area contributed by atoms with Crippen molar-refractivity contribution in [1.82, 2.24) is 5.32 Å². The molecule has 0 spiro atoms. The van der Waals surface area contributed by atoms with Crippen molar-refractivity contribution in [3.05, 3.63) is 0 Å². The van der Waals surface area contributed by atoms with Gasteiger partial charge in [-0.15, -0.1) is 0 Å². The van der Waals surface area contributed by atoms with Gasteiger partial charge in [0.25, 0.3) is 0 Å². The first kappa shape index (κ1) is 16.5. The van der Waals surface area contributed by atoms with Crippen LogP contribution in [-0.4, -0.2) is 23.7 Å². The molecule has 112 valence electrons. The fourth-order valence-electron chi connectivity index (χ4n) is 2.90. The number of aliphatic carboxylic acids is 1. The van der Waals surface area contributed by atoms with Crippen LogP contribution < -0.4 is 5.32 Å². The summed E-state index contributed by atoms with van der Waals surface area (Å²) >= 11 is 0. The summed E-state index contributed by atoms with van der Waals surface area (Å²) in [6.45, 7) is 1.22. The predicted octanol–water partition coefficient (Wildman–Crippen LogP) is 4.11. The molecule has 1 aliphatic rings. The average Bonchev–Trinajstić information content (AvgIpc) is 2.42. The van der Waals surface area contributed by atoms with Crippen molar-refractivity contribution in [2.45, 2.75) is 89.5 Å². The highest BCUT2D eigenvalue weighted by Gasteiger charge is 2.11. The van der Waals surface area contributed by atoms with E-state index >= 15 is 0 Å². The van der Waals surface area contributed by atoms with Gasteiger partial charge in [-0.3, -0.25) is 4.79 Å². The second-order valence-electron chi connectivity index (χ2n) is 5.91. The number of nitrogens with one attached hydrogen (secondary N) is 1. The Hall–Kier alpha value is -0.570. The van der Waals surface area contributed by atoms with E-state index < -0.39 is 5.97 Å². The van der Waals surface area contributed by atoms with Crippen molar-refractivity contribution >= 4 is 5.97 Å². The Morgan fingerprint density at radius 3 is 2.16 bits per heavy atom. The molecule has 1 saturated heterocycles. The van der Waals surface area contributed by atoms with Gasteiger partial charge in [0.05, 0.1) is 0 Å². The highest BCUT2D eigenvalue weighted by atomic mass is 16.4. The predicted molar refractivity (Wildman–Crippen MR) is 79.4 cm³/mol. The zero-order valence-corrected chi connectivity index (χ0v) is 12.3. The maximum Gasteiger partial charge on any atom is 0.303 e. The molecule has 19 heavy (non-hydrogen) atoms. The van der Waals surface area contributed by atoms with E-state index in [2.05, 4.69) is 5.32 Å². The summed E-state index contributed by atoms with van der Waals surface area (Å²) in [5.41, 5.74) is 0. The quantitative estimate of drug-likeness (QED) is 0.555. The molecular formula is C16H31NO2. The summed E-state index contributed by atoms with van der Waals surface area (Å²) in [4.78, 5) is 10.3. The molecule has 1 unspecified atom stereocenters. The standard InChI is InChI=1S/C16H31NO2/c18-16(19)13-8-6-4-2-1-3-5-7-11-15-12-9-10-14-17-15/h15,17H,1-14H2,(H,18,19). The number of carboxylic acids is 1. The summed E-state index contributed by atoms with van der Waals surface area (Å²) in [6, 6.07) is 0.796. The molecule has 3 heteroatoms. The molecule has 1 aliphatic heterocycles. The van der Waals surface area contributed by atoms with Crippen molar-refractivity contribution in [3.63, 3.8) is 0 Å². The zero-order chi connectivity index (χ0) is 13.8. The normalized spacial score (nSPS) is 19.5. The highest BCUT2D eigenvalue weighted by Crippen LogP contribution is 2.15. The van der Waals surface area contributed by atoms with Crippen molar-refractivity contribution in [1.29, 1.82) is 0 Å². The molecule has 0 bridgehead atoms. The van der Waals surface area contributed by atoms with Gasteiger partial charge in [0, 0.05) is 12.5 Å². The Morgan fingerprint density at radius 1 is 0.947 bits per heavy atom. The van der Waals surface area contributed by atoms with E-state index in [1.54, 1.807) is 0 Å². The van der Waals surface area contributed by atoms with Crippen LogP contribution in [0.5, 0.6) is 0 Å². The Balaban J connectivity index is 1.74. The largest absolute Gasteiger partial charge is 0.481 e. The monoisotopic (exact) mass is 269 g/mol. The van der Waals surface area contributed by atoms with Crippen LogP contribution in [-0.2, 0) is 4.79 Å². The van der Waals surface area contributed by atoms with Gasteiger partial charge in [0.15, 0.2) is 0 Å². The van der Waals surface area contributed by atoms with E-state index in [1.807, 2.05) is 0 Å². The maximum atomic E-state index is 10.3. The lowest BCUT2D eigenvalue weighted by atomic mass is 9.98. The zero-order valence-electron chi connectivity index (χ0n) is 12.3. The van der Waals surface area contributed by atoms with E-state index in [1.165, 1.54) is 70.8 Å². The minimum atomic E-state index is -0.656. The molecule has 0 aliphatic carbocycles. The van der Waals surface area contributed by atoms with Crippen molar-refractivity contribution < 1.29 is 9.90 Å². The lowest BCUT2D eigenvalue weighted by Gasteiger charge is -2.23. The van der Waals surface area contributed by atoms with E-state index in [0.717, 1.165) is 18.9 Å². The van der Waals surface area contributed by atoms with Crippen molar-refractivity contribution in [3.8, 4) is 0 Å². The van der Waals surface area contributed by atoms with Crippen LogP contribution in [0.1, 0.15) is 83.5 Å². The highest BCUT2D eigenvalue weighted by molar-refractivity contribution is 5.66. The van der Waals surface area contributed by atoms with Gasteiger partial charge in [0.1, 0.15) is 0 Å². The van der Waals surface area contributed by atoms with Crippen LogP contribution in [0.4, 0.5) is 0 Å². The van der Waals surface area contributed by atoms with Gasteiger partial charge < -0.3 is 10.4 Å². The van der Waals surface area contributed by atoms with Crippen LogP contribution in [0.2, 0.25) is 0 Å². The third-order valence-electron chi connectivity index (χ3n) is 4.11. The van der Waals surface area contributed by atoms with Gasteiger partial charge >= 0.3 is 5.97 Å². The molecule has 1 rings (SSSR count). The molecular weight excluding hydrogens is 238 g/mol. The Labute approximate surface area is 118 Å². The smallest absolute Gasteiger partial charge is 0.303 e. The van der Waals surface area contributed by atoms with Gasteiger partial charge in [-0.05, 0) is 32.2 Å². The Morgan fingerprint density at radius 2 is 1.58 bits per heavy atom. The number of hydrogen-bond acceptors (Lipinski definition) is 2. The third-order valence-corrected chi connectivity index (χ3v) is 4.11. The first-order valence-electron chi connectivity index (χ1n) is 8.24. The Kier molecular flexibility index (Phi) is 9.78. The second kappa shape index (κ2) is 11.3. The number of carbonyl (C=O) groups is 1. The van der Waals surface area contributed by atoms with Gasteiger partial charge in [-0.1, -0.05) is 51.4 Å². The second-order valence-corrected chi connectivity index (χ2v) is 5.91. The molecule has 0 aromatic rings. The average molecular weight is 269 g/mol. The molecule has 2 N–H and O–H groups in total. The van der Waals surface area contributed by atoms with E-state index in [0.29, 0.717) is 6.42 Å². The number of hydrogen-bond donors (Lipinski definition) is 2. The number of unbranched alkanes of at least 4 members (excludes halogenated alkanes) is 7. The summed E-state index contributed by atoms with van der Waals surface area (Å²) in [6.07, 6.45) is 15.7. The van der Waals surface area contributed by atoms with Gasteiger partial charge in [-0.25, -0.2) is 0 Å². The first-order valence-corrected chi connectivity index (χ1v) is 8.24. The summed E-state index contributed by atoms with van der Waals surface area (Å²) in [7, 11) is 0. The van der Waals surface area contributed by atoms with Crippen molar-refractivity contribution in [2.24, 2.45) is 0 Å². The minimum Gasteiger partial charge on any atom is -0.481 e. The summed E-state index contributed by atoms with van der Waals surface area (Å²) < 4.78 is 0. The topological polar surface area (TPSA) is 49.3 Å². The van der Waals surface area contributed by atoms with E-state index in [-0.39, 0.29) is 0 Å². The maximum absolute atomic E-state index is 10.3. The van der Waals surface area contributed by atoms with Crippen LogP contribution in [0.15, 0.2) is 0 Å². The number of rotatable bonds is 11. The summed E-state index contributed by atoms with van der Waals surface area (Å²) in [5.74, 6) is -0.656. The Bertz CT molecular complexity index is 225. The molecule has 1 heterocycles. The molecule has 1 atom stereocenters. The molecule has 3 nitrogen and oxygen atoms in total. The van der Waals surface area contributed by atoms with E-state index in [9.17, 15) is 4.79 Å². The molecule has 0 aromatic heterocycles. The minimum absolute atomic E-state index is 0.342. The summed E-state index contributed by atoms with van der Waals surface area (Å²) in [5, 5.41) is 12.1. The number of carboxylic acid groups (broad SMARTS) is 1. The molecule has 1 fully saturated rings.